The highest BCUT2D eigenvalue weighted by molar-refractivity contribution is 6.22. The van der Waals surface area contributed by atoms with E-state index in [1.165, 1.54) is 21.5 Å². The molecule has 9 rings (SSSR count). The molecule has 0 spiro atoms. The highest BCUT2D eigenvalue weighted by atomic mass is 16.3. The molecule has 0 bridgehead atoms. The molecule has 0 N–H and O–H groups in total. The third-order valence-electron chi connectivity index (χ3n) is 8.30. The van der Waals surface area contributed by atoms with Crippen LogP contribution in [0.25, 0.3) is 88.4 Å². The lowest BCUT2D eigenvalue weighted by Crippen LogP contribution is -2.01. The molecular weight excluding hydrogens is 526 g/mol. The third kappa shape index (κ3) is 3.74. The van der Waals surface area contributed by atoms with Gasteiger partial charge in [0.25, 0.3) is 0 Å². The Balaban J connectivity index is 1.42. The van der Waals surface area contributed by atoms with E-state index >= 15 is 0 Å². The van der Waals surface area contributed by atoms with E-state index < -0.39 is 0 Å². The van der Waals surface area contributed by atoms with Crippen molar-refractivity contribution in [3.8, 4) is 34.2 Å². The van der Waals surface area contributed by atoms with Crippen molar-refractivity contribution in [1.29, 1.82) is 0 Å². The van der Waals surface area contributed by atoms with Crippen LogP contribution in [0.3, 0.4) is 0 Å². The van der Waals surface area contributed by atoms with Gasteiger partial charge in [-0.15, -0.1) is 0 Å². The summed E-state index contributed by atoms with van der Waals surface area (Å²) >= 11 is 0. The maximum Gasteiger partial charge on any atom is 0.164 e. The maximum atomic E-state index is 6.23. The zero-order valence-electron chi connectivity index (χ0n) is 23.0. The van der Waals surface area contributed by atoms with Crippen molar-refractivity contribution in [3.05, 3.63) is 140 Å². The van der Waals surface area contributed by atoms with E-state index in [1.54, 1.807) is 0 Å². The number of hydrogen-bond acceptors (Lipinski definition) is 4. The van der Waals surface area contributed by atoms with Gasteiger partial charge in [0.15, 0.2) is 17.5 Å². The van der Waals surface area contributed by atoms with Crippen LogP contribution in [0.2, 0.25) is 0 Å². The predicted octanol–water partition coefficient (Wildman–Crippen LogP) is 10.2. The van der Waals surface area contributed by atoms with Gasteiger partial charge in [-0.3, -0.25) is 0 Å². The average Bonchev–Trinajstić information content (AvgIpc) is 3.47. The zero-order valence-corrected chi connectivity index (χ0v) is 23.0. The van der Waals surface area contributed by atoms with Crippen LogP contribution in [0.4, 0.5) is 0 Å². The summed E-state index contributed by atoms with van der Waals surface area (Å²) in [6.45, 7) is 0. The fraction of sp³-hybridized carbons (Fsp3) is 0. The summed E-state index contributed by atoms with van der Waals surface area (Å²) in [5.74, 6) is 1.88. The fourth-order valence-corrected chi connectivity index (χ4v) is 6.35. The second kappa shape index (κ2) is 9.33. The van der Waals surface area contributed by atoms with Gasteiger partial charge in [-0.25, -0.2) is 15.0 Å². The predicted molar refractivity (Wildman–Crippen MR) is 176 cm³/mol. The molecule has 2 heterocycles. The lowest BCUT2D eigenvalue weighted by Gasteiger charge is -2.14. The lowest BCUT2D eigenvalue weighted by molar-refractivity contribution is 0.669. The lowest BCUT2D eigenvalue weighted by atomic mass is 9.92. The van der Waals surface area contributed by atoms with Crippen LogP contribution in [0.15, 0.2) is 144 Å². The molecule has 9 aromatic rings. The van der Waals surface area contributed by atoms with E-state index in [2.05, 4.69) is 78.9 Å². The Morgan fingerprint density at radius 1 is 0.372 bits per heavy atom. The Bertz CT molecular complexity index is 2510. The molecule has 4 nitrogen and oxygen atoms in total. The maximum absolute atomic E-state index is 6.23. The number of nitrogens with zero attached hydrogens (tertiary/aromatic N) is 3. The molecule has 0 fully saturated rings. The first-order valence-corrected chi connectivity index (χ1v) is 14.4. The van der Waals surface area contributed by atoms with Gasteiger partial charge in [0.05, 0.1) is 0 Å². The summed E-state index contributed by atoms with van der Waals surface area (Å²) in [5, 5.41) is 9.07. The monoisotopic (exact) mass is 549 g/mol. The minimum atomic E-state index is 0.613. The Morgan fingerprint density at radius 2 is 1.02 bits per heavy atom. The summed E-state index contributed by atoms with van der Waals surface area (Å²) in [4.78, 5) is 15.5. The molecule has 0 aliphatic heterocycles. The molecule has 0 saturated heterocycles. The summed E-state index contributed by atoms with van der Waals surface area (Å²) in [7, 11) is 0. The molecule has 0 amide bonds. The van der Waals surface area contributed by atoms with Gasteiger partial charge in [0.2, 0.25) is 0 Å². The number of fused-ring (bicyclic) bond motifs is 8. The molecule has 0 aliphatic rings. The second-order valence-electron chi connectivity index (χ2n) is 10.8. The van der Waals surface area contributed by atoms with Gasteiger partial charge < -0.3 is 4.42 Å². The van der Waals surface area contributed by atoms with E-state index in [0.717, 1.165) is 49.4 Å². The van der Waals surface area contributed by atoms with Gasteiger partial charge >= 0.3 is 0 Å². The van der Waals surface area contributed by atoms with Crippen molar-refractivity contribution in [2.75, 3.05) is 0 Å². The first kappa shape index (κ1) is 23.8. The van der Waals surface area contributed by atoms with Gasteiger partial charge in [0, 0.05) is 32.8 Å². The van der Waals surface area contributed by atoms with Gasteiger partial charge in [0.1, 0.15) is 11.2 Å². The quantitative estimate of drug-likeness (QED) is 0.206. The van der Waals surface area contributed by atoms with Crippen LogP contribution >= 0.6 is 0 Å². The van der Waals surface area contributed by atoms with Crippen molar-refractivity contribution in [2.45, 2.75) is 0 Å². The Labute approximate surface area is 246 Å². The topological polar surface area (TPSA) is 51.8 Å². The molecule has 7 aromatic carbocycles. The van der Waals surface area contributed by atoms with E-state index in [-0.39, 0.29) is 0 Å². The van der Waals surface area contributed by atoms with Crippen molar-refractivity contribution >= 4 is 54.3 Å². The van der Waals surface area contributed by atoms with Crippen LogP contribution in [0.1, 0.15) is 0 Å². The average molecular weight is 550 g/mol. The minimum Gasteiger partial charge on any atom is -0.456 e. The smallest absolute Gasteiger partial charge is 0.164 e. The van der Waals surface area contributed by atoms with Crippen molar-refractivity contribution in [2.24, 2.45) is 0 Å². The first-order valence-electron chi connectivity index (χ1n) is 14.4. The van der Waals surface area contributed by atoms with Gasteiger partial charge in [-0.05, 0) is 45.1 Å². The summed E-state index contributed by atoms with van der Waals surface area (Å²) in [5.41, 5.74) is 4.49. The van der Waals surface area contributed by atoms with Crippen LogP contribution in [-0.2, 0) is 0 Å². The third-order valence-corrected chi connectivity index (χ3v) is 8.30. The largest absolute Gasteiger partial charge is 0.456 e. The standard InChI is InChI=1S/C39H23N3O/c1-2-12-25(13-3-1)37-40-38(31-18-10-20-34-36(31)30-17-8-9-19-33(30)43-34)42-39(41-37)32-23-26-14-5-6-15-27(26)29-22-21-24-11-4-7-16-28(24)35(29)32/h1-23H. The molecular formula is C39H23N3O. The Kier molecular flexibility index (Phi) is 5.16. The molecule has 4 heteroatoms. The highest BCUT2D eigenvalue weighted by Gasteiger charge is 2.20. The molecule has 0 atom stereocenters. The number of benzene rings is 7. The fourth-order valence-electron chi connectivity index (χ4n) is 6.35. The van der Waals surface area contributed by atoms with Gasteiger partial charge in [-0.1, -0.05) is 121 Å². The molecule has 0 aliphatic carbocycles. The molecule has 0 unspecified atom stereocenters. The number of aromatic nitrogens is 3. The van der Waals surface area contributed by atoms with Crippen molar-refractivity contribution in [3.63, 3.8) is 0 Å². The van der Waals surface area contributed by atoms with E-state index in [1.807, 2.05) is 60.7 Å². The second-order valence-corrected chi connectivity index (χ2v) is 10.8. The highest BCUT2D eigenvalue weighted by Crippen LogP contribution is 2.40. The number of para-hydroxylation sites is 1. The normalized spacial score (nSPS) is 11.7. The summed E-state index contributed by atoms with van der Waals surface area (Å²) in [6, 6.07) is 48.0. The summed E-state index contributed by atoms with van der Waals surface area (Å²) in [6.07, 6.45) is 0. The summed E-state index contributed by atoms with van der Waals surface area (Å²) < 4.78 is 6.23. The number of furan rings is 1. The van der Waals surface area contributed by atoms with Crippen LogP contribution in [0, 0.1) is 0 Å². The van der Waals surface area contributed by atoms with Crippen LogP contribution in [0.5, 0.6) is 0 Å². The molecule has 43 heavy (non-hydrogen) atoms. The zero-order chi connectivity index (χ0) is 28.3. The number of hydrogen-bond donors (Lipinski definition) is 0. The Hall–Kier alpha value is -5.87. The van der Waals surface area contributed by atoms with Crippen LogP contribution < -0.4 is 0 Å². The SMILES string of the molecule is c1ccc(-c2nc(-c3cccc4oc5ccccc5c34)nc(-c3cc4ccccc4c4ccc5ccccc5c34)n2)cc1. The van der Waals surface area contributed by atoms with Crippen LogP contribution in [-0.4, -0.2) is 15.0 Å². The molecule has 2 aromatic heterocycles. The molecule has 0 saturated carbocycles. The number of rotatable bonds is 3. The van der Waals surface area contributed by atoms with E-state index in [4.69, 9.17) is 19.4 Å². The molecule has 200 valence electrons. The van der Waals surface area contributed by atoms with Gasteiger partial charge in [-0.2, -0.15) is 0 Å². The van der Waals surface area contributed by atoms with E-state index in [9.17, 15) is 0 Å². The van der Waals surface area contributed by atoms with Crippen molar-refractivity contribution in [1.82, 2.24) is 15.0 Å². The van der Waals surface area contributed by atoms with Crippen molar-refractivity contribution < 1.29 is 4.42 Å². The first-order chi connectivity index (χ1) is 21.3. The Morgan fingerprint density at radius 3 is 1.88 bits per heavy atom. The van der Waals surface area contributed by atoms with E-state index in [0.29, 0.717) is 17.5 Å². The molecule has 0 radical (unpaired) electrons. The minimum absolute atomic E-state index is 0.613.